The molecule has 5 saturated carbocycles. The number of hydrogen-bond acceptors (Lipinski definition) is 9. The Balaban J connectivity index is 1.38. The summed E-state index contributed by atoms with van der Waals surface area (Å²) in [7, 11) is 0. The Morgan fingerprint density at radius 3 is 2.24 bits per heavy atom. The lowest BCUT2D eigenvalue weighted by molar-refractivity contribution is -0.212. The van der Waals surface area contributed by atoms with Gasteiger partial charge in [-0.2, -0.15) is 0 Å². The standard InChI is InChI=1S/C37H60N2O7/c1-20-15-24(31(33(5,6)43)44-21(2)40)45-30-23(16-22(41)17-38)35(8)26-10-9-25-32(3,4)27(46-28(42)18-39)11-12-36(25)19-37(26,36)14-13-34(35,7)29(20)30/h20,23-27,29-31,43H,9-19,38-39H2,1-8H3/t20-,23+,24-,25+,26+,27+,29?,30-,31+,34-,35+,36-,37+/m1/s1. The number of hydrogen-bond donors (Lipinski definition) is 3. The first-order valence-corrected chi connectivity index (χ1v) is 18.0. The molecule has 5 N–H and O–H groups in total. The molecule has 0 aromatic rings. The van der Waals surface area contributed by atoms with Crippen LogP contribution >= 0.6 is 0 Å². The van der Waals surface area contributed by atoms with Crippen molar-refractivity contribution in [1.29, 1.82) is 0 Å². The fourth-order valence-electron chi connectivity index (χ4n) is 13.6. The van der Waals surface area contributed by atoms with Crippen molar-refractivity contribution in [1.82, 2.24) is 0 Å². The van der Waals surface area contributed by atoms with Crippen LogP contribution in [0.1, 0.15) is 113 Å². The summed E-state index contributed by atoms with van der Waals surface area (Å²) in [6, 6.07) is 0. The van der Waals surface area contributed by atoms with Gasteiger partial charge in [-0.25, -0.2) is 0 Å². The lowest BCUT2D eigenvalue weighted by Crippen LogP contribution is -2.59. The van der Waals surface area contributed by atoms with Gasteiger partial charge in [0.1, 0.15) is 11.9 Å². The molecule has 0 radical (unpaired) electrons. The molecule has 1 saturated heterocycles. The predicted molar refractivity (Wildman–Crippen MR) is 173 cm³/mol. The molecule has 46 heavy (non-hydrogen) atoms. The van der Waals surface area contributed by atoms with Crippen LogP contribution in [0.4, 0.5) is 0 Å². The summed E-state index contributed by atoms with van der Waals surface area (Å²) in [4.78, 5) is 37.8. The second-order valence-corrected chi connectivity index (χ2v) is 18.0. The molecule has 6 fully saturated rings. The van der Waals surface area contributed by atoms with Gasteiger partial charge in [-0.15, -0.1) is 0 Å². The monoisotopic (exact) mass is 644 g/mol. The third-order valence-electron chi connectivity index (χ3n) is 15.4. The second-order valence-electron chi connectivity index (χ2n) is 18.0. The van der Waals surface area contributed by atoms with Crippen molar-refractivity contribution < 1.29 is 33.7 Å². The summed E-state index contributed by atoms with van der Waals surface area (Å²) in [5.41, 5.74) is 10.5. The maximum absolute atomic E-state index is 13.3. The van der Waals surface area contributed by atoms with Gasteiger partial charge in [0.25, 0.3) is 0 Å². The molecular formula is C37H60N2O7. The van der Waals surface area contributed by atoms with E-state index in [1.54, 1.807) is 13.8 Å². The molecular weight excluding hydrogens is 584 g/mol. The van der Waals surface area contributed by atoms with Crippen molar-refractivity contribution in [2.45, 2.75) is 143 Å². The molecule has 260 valence electrons. The Hall–Kier alpha value is -1.55. The summed E-state index contributed by atoms with van der Waals surface area (Å²) in [5.74, 6) is 0.715. The molecule has 5 aliphatic carbocycles. The molecule has 2 spiro atoms. The third kappa shape index (κ3) is 4.56. The van der Waals surface area contributed by atoms with E-state index in [0.717, 1.165) is 32.1 Å². The van der Waals surface area contributed by atoms with Crippen LogP contribution in [0.3, 0.4) is 0 Å². The molecule has 6 aliphatic rings. The summed E-state index contributed by atoms with van der Waals surface area (Å²) >= 11 is 0. The van der Waals surface area contributed by atoms with E-state index >= 15 is 0 Å². The highest BCUT2D eigenvalue weighted by Gasteiger charge is 2.84. The fourth-order valence-corrected chi connectivity index (χ4v) is 13.6. The van der Waals surface area contributed by atoms with Gasteiger partial charge >= 0.3 is 11.9 Å². The van der Waals surface area contributed by atoms with E-state index in [4.69, 9.17) is 25.7 Å². The van der Waals surface area contributed by atoms with Gasteiger partial charge in [-0.1, -0.05) is 34.6 Å². The van der Waals surface area contributed by atoms with Crippen molar-refractivity contribution in [2.24, 2.45) is 68.1 Å². The summed E-state index contributed by atoms with van der Waals surface area (Å²) in [6.45, 7) is 16.5. The van der Waals surface area contributed by atoms with E-state index in [0.29, 0.717) is 24.7 Å². The van der Waals surface area contributed by atoms with Crippen LogP contribution < -0.4 is 11.5 Å². The van der Waals surface area contributed by atoms with Gasteiger partial charge in [0.15, 0.2) is 6.10 Å². The maximum atomic E-state index is 13.3. The number of ether oxygens (including phenoxy) is 3. The predicted octanol–water partition coefficient (Wildman–Crippen LogP) is 4.55. The molecule has 13 atom stereocenters. The number of aliphatic hydroxyl groups is 1. The highest BCUT2D eigenvalue weighted by Crippen LogP contribution is 2.90. The van der Waals surface area contributed by atoms with Gasteiger partial charge in [-0.05, 0) is 116 Å². The molecule has 0 aromatic carbocycles. The summed E-state index contributed by atoms with van der Waals surface area (Å²) < 4.78 is 18.8. The number of rotatable bonds is 8. The van der Waals surface area contributed by atoms with E-state index in [-0.39, 0.29) is 81.9 Å². The van der Waals surface area contributed by atoms with E-state index in [2.05, 4.69) is 34.6 Å². The van der Waals surface area contributed by atoms with Crippen LogP contribution in [-0.4, -0.2) is 65.9 Å². The zero-order valence-corrected chi connectivity index (χ0v) is 29.5. The molecule has 9 heteroatoms. The van der Waals surface area contributed by atoms with Crippen LogP contribution in [0.5, 0.6) is 0 Å². The number of nitrogens with two attached hydrogens (primary N) is 2. The van der Waals surface area contributed by atoms with Crippen molar-refractivity contribution in [2.75, 3.05) is 13.1 Å². The Morgan fingerprint density at radius 2 is 1.63 bits per heavy atom. The molecule has 1 unspecified atom stereocenters. The lowest BCUT2D eigenvalue weighted by atomic mass is 9.40. The van der Waals surface area contributed by atoms with Crippen molar-refractivity contribution in [3.8, 4) is 0 Å². The Labute approximate surface area is 275 Å². The Bertz CT molecular complexity index is 1260. The molecule has 0 amide bonds. The second kappa shape index (κ2) is 11.0. The molecule has 6 rings (SSSR count). The van der Waals surface area contributed by atoms with Gasteiger partial charge < -0.3 is 30.8 Å². The molecule has 9 nitrogen and oxygen atoms in total. The highest BCUT2D eigenvalue weighted by atomic mass is 16.6. The molecule has 1 aliphatic heterocycles. The maximum Gasteiger partial charge on any atom is 0.319 e. The van der Waals surface area contributed by atoms with Crippen LogP contribution in [0.2, 0.25) is 0 Å². The van der Waals surface area contributed by atoms with Crippen molar-refractivity contribution in [3.05, 3.63) is 0 Å². The van der Waals surface area contributed by atoms with E-state index in [1.807, 2.05) is 0 Å². The number of Topliss-reactive ketones (excluding diaryl/α,β-unsaturated/α-hetero) is 1. The van der Waals surface area contributed by atoms with E-state index < -0.39 is 23.8 Å². The minimum atomic E-state index is -1.28. The first-order chi connectivity index (χ1) is 21.3. The van der Waals surface area contributed by atoms with Crippen LogP contribution in [0.25, 0.3) is 0 Å². The van der Waals surface area contributed by atoms with Gasteiger partial charge in [0.05, 0.1) is 30.9 Å². The number of carbonyl (C=O) groups excluding carboxylic acids is 3. The SMILES string of the molecule is CC(=O)O[C@@H]([C@H]1C[C@@H](C)C2[C@H](O1)[C@H](CC(=O)CN)[C@@]1(C)[C@@H]3CC[C@H]4C(C)(C)[C@@H](OC(=O)CN)CC[C@@]45C[C@@]35CC[C@]21C)C(C)(C)O. The summed E-state index contributed by atoms with van der Waals surface area (Å²) in [6.07, 6.45) is 7.08. The summed E-state index contributed by atoms with van der Waals surface area (Å²) in [5, 5.41) is 11.1. The largest absolute Gasteiger partial charge is 0.461 e. The Kier molecular flexibility index (Phi) is 8.19. The number of esters is 2. The van der Waals surface area contributed by atoms with E-state index in [1.165, 1.54) is 19.8 Å². The average Bonchev–Trinajstić information content (AvgIpc) is 3.59. The third-order valence-corrected chi connectivity index (χ3v) is 15.4. The minimum Gasteiger partial charge on any atom is -0.461 e. The average molecular weight is 645 g/mol. The van der Waals surface area contributed by atoms with Crippen LogP contribution in [0, 0.1) is 56.7 Å². The first kappa shape index (κ1) is 34.3. The Morgan fingerprint density at radius 1 is 0.978 bits per heavy atom. The highest BCUT2D eigenvalue weighted by molar-refractivity contribution is 5.80. The van der Waals surface area contributed by atoms with Gasteiger partial charge in [0, 0.05) is 18.8 Å². The lowest BCUT2D eigenvalue weighted by Gasteiger charge is -2.64. The van der Waals surface area contributed by atoms with Crippen molar-refractivity contribution in [3.63, 3.8) is 0 Å². The smallest absolute Gasteiger partial charge is 0.319 e. The number of fused-ring (bicyclic) bond motifs is 4. The topological polar surface area (TPSA) is 151 Å². The first-order valence-electron chi connectivity index (χ1n) is 18.0. The minimum absolute atomic E-state index is 0.0122. The number of carbonyl (C=O) groups is 3. The van der Waals surface area contributed by atoms with Gasteiger partial charge in [0.2, 0.25) is 0 Å². The zero-order chi connectivity index (χ0) is 33.8. The van der Waals surface area contributed by atoms with E-state index in [9.17, 15) is 19.5 Å². The molecule has 0 bridgehead atoms. The quantitative estimate of drug-likeness (QED) is 0.323. The molecule has 1 heterocycles. The van der Waals surface area contributed by atoms with Crippen LogP contribution in [0.15, 0.2) is 0 Å². The number of ketones is 1. The van der Waals surface area contributed by atoms with Gasteiger partial charge in [-0.3, -0.25) is 14.4 Å². The zero-order valence-electron chi connectivity index (χ0n) is 29.5. The fraction of sp³-hybridized carbons (Fsp3) is 0.919. The normalized spacial score (nSPS) is 47.6. The van der Waals surface area contributed by atoms with Crippen LogP contribution in [-0.2, 0) is 28.6 Å². The van der Waals surface area contributed by atoms with Crippen molar-refractivity contribution >= 4 is 17.7 Å². The molecule has 0 aromatic heterocycles.